The fourth-order valence-electron chi connectivity index (χ4n) is 1.98. The van der Waals surface area contributed by atoms with E-state index in [1.807, 2.05) is 0 Å². The van der Waals surface area contributed by atoms with Gasteiger partial charge in [-0.1, -0.05) is 12.1 Å². The molecule has 0 spiro atoms. The number of hydrogen-bond acceptors (Lipinski definition) is 9. The van der Waals surface area contributed by atoms with E-state index in [0.29, 0.717) is 5.75 Å². The van der Waals surface area contributed by atoms with E-state index >= 15 is 0 Å². The van der Waals surface area contributed by atoms with Crippen LogP contribution in [0.1, 0.15) is 5.56 Å². The van der Waals surface area contributed by atoms with Gasteiger partial charge in [-0.05, 0) is 23.8 Å². The zero-order chi connectivity index (χ0) is 19.1. The molecule has 1 aliphatic rings. The molecule has 3 atom stereocenters. The van der Waals surface area contributed by atoms with Crippen LogP contribution in [-0.4, -0.2) is 70.5 Å². The zero-order valence-corrected chi connectivity index (χ0v) is 13.9. The second-order valence-electron chi connectivity index (χ2n) is 5.34. The molecule has 0 saturated carbocycles. The van der Waals surface area contributed by atoms with Crippen molar-refractivity contribution in [1.29, 1.82) is 0 Å². The van der Waals surface area contributed by atoms with Crippen LogP contribution in [0.2, 0.25) is 0 Å². The molecule has 1 aliphatic heterocycles. The van der Waals surface area contributed by atoms with Crippen molar-refractivity contribution in [3.8, 4) is 5.75 Å². The van der Waals surface area contributed by atoms with Gasteiger partial charge in [0.05, 0.1) is 19.9 Å². The maximum absolute atomic E-state index is 11.9. The lowest BCUT2D eigenvalue weighted by molar-refractivity contribution is -0.115. The van der Waals surface area contributed by atoms with Gasteiger partial charge < -0.3 is 25.2 Å². The number of aliphatic hydroxyl groups excluding tert-OH is 4. The highest BCUT2D eigenvalue weighted by molar-refractivity contribution is 6.13. The summed E-state index contributed by atoms with van der Waals surface area (Å²) in [6.07, 6.45) is -2.14. The van der Waals surface area contributed by atoms with E-state index in [2.05, 4.69) is 20.8 Å². The highest BCUT2D eigenvalue weighted by Gasteiger charge is 2.23. The van der Waals surface area contributed by atoms with E-state index < -0.39 is 30.8 Å². The van der Waals surface area contributed by atoms with Crippen LogP contribution in [0.3, 0.4) is 0 Å². The molecular weight excluding hydrogens is 344 g/mol. The molecule has 0 aliphatic carbocycles. The van der Waals surface area contributed by atoms with Gasteiger partial charge in [0, 0.05) is 0 Å². The Morgan fingerprint density at radius 1 is 1.31 bits per heavy atom. The second-order valence-corrected chi connectivity index (χ2v) is 5.34. The van der Waals surface area contributed by atoms with Gasteiger partial charge in [-0.3, -0.25) is 10.1 Å². The SMILES string of the molecule is COc1ccc(/C=C2\N=C(NN=C[C@H](O)[C@@H](O)[C@@H](O)CO)NC2=O)cc1. The highest BCUT2D eigenvalue weighted by atomic mass is 16.5. The highest BCUT2D eigenvalue weighted by Crippen LogP contribution is 2.15. The van der Waals surface area contributed by atoms with Gasteiger partial charge in [0.15, 0.2) is 0 Å². The molecule has 10 heteroatoms. The Hall–Kier alpha value is -2.79. The minimum Gasteiger partial charge on any atom is -0.497 e. The standard InChI is InChI=1S/C16H20N4O6/c1-26-10-4-2-9(3-5-10)6-11-15(25)19-16(18-11)20-17-7-12(22)14(24)13(23)8-21/h2-7,12-14,21-24H,8H2,1H3,(H2,18,19,20,25)/b11-6-,17-7?/t12-,13-,14+/m0/s1. The second kappa shape index (κ2) is 9.06. The van der Waals surface area contributed by atoms with Gasteiger partial charge in [0.25, 0.3) is 5.91 Å². The van der Waals surface area contributed by atoms with E-state index in [4.69, 9.17) is 9.84 Å². The minimum absolute atomic E-state index is 0.0374. The summed E-state index contributed by atoms with van der Waals surface area (Å²) in [6, 6.07) is 7.03. The maximum atomic E-state index is 11.9. The van der Waals surface area contributed by atoms with Crippen molar-refractivity contribution in [3.05, 3.63) is 35.5 Å². The Balaban J connectivity index is 1.98. The molecule has 0 fully saturated rings. The number of amides is 1. The molecule has 0 radical (unpaired) electrons. The monoisotopic (exact) mass is 364 g/mol. The van der Waals surface area contributed by atoms with Crippen molar-refractivity contribution in [2.75, 3.05) is 13.7 Å². The smallest absolute Gasteiger partial charge is 0.276 e. The average molecular weight is 364 g/mol. The lowest BCUT2D eigenvalue weighted by Gasteiger charge is -2.17. The topological polar surface area (TPSA) is 156 Å². The fourth-order valence-corrected chi connectivity index (χ4v) is 1.98. The van der Waals surface area contributed by atoms with Gasteiger partial charge in [0.2, 0.25) is 5.96 Å². The molecule has 26 heavy (non-hydrogen) atoms. The fraction of sp³-hybridized carbons (Fsp3) is 0.312. The molecule has 0 unspecified atom stereocenters. The third-order valence-corrected chi connectivity index (χ3v) is 3.44. The number of hydrogen-bond donors (Lipinski definition) is 6. The van der Waals surface area contributed by atoms with E-state index in [1.54, 1.807) is 37.5 Å². The van der Waals surface area contributed by atoms with Crippen LogP contribution in [0.5, 0.6) is 5.75 Å². The van der Waals surface area contributed by atoms with Gasteiger partial charge in [-0.2, -0.15) is 5.10 Å². The number of ether oxygens (including phenoxy) is 1. The van der Waals surface area contributed by atoms with Gasteiger partial charge in [-0.25, -0.2) is 10.4 Å². The number of carbonyl (C=O) groups is 1. The summed E-state index contributed by atoms with van der Waals surface area (Å²) in [6.45, 7) is -0.707. The molecule has 0 saturated heterocycles. The molecule has 0 aromatic heterocycles. The lowest BCUT2D eigenvalue weighted by atomic mass is 10.1. The van der Waals surface area contributed by atoms with Gasteiger partial charge in [-0.15, -0.1) is 0 Å². The average Bonchev–Trinajstić information content (AvgIpc) is 3.00. The Morgan fingerprint density at radius 3 is 2.62 bits per heavy atom. The number of aliphatic imine (C=N–C) groups is 1. The Bertz CT molecular complexity index is 716. The predicted octanol–water partition coefficient (Wildman–Crippen LogP) is -1.83. The number of rotatable bonds is 7. The van der Waals surface area contributed by atoms with E-state index in [9.17, 15) is 20.1 Å². The van der Waals surface area contributed by atoms with E-state index in [1.165, 1.54) is 0 Å². The van der Waals surface area contributed by atoms with Crippen LogP contribution in [0.25, 0.3) is 6.08 Å². The first-order chi connectivity index (χ1) is 12.4. The predicted molar refractivity (Wildman–Crippen MR) is 93.3 cm³/mol. The number of nitrogens with zero attached hydrogens (tertiary/aromatic N) is 2. The summed E-state index contributed by atoms with van der Waals surface area (Å²) < 4.78 is 5.06. The molecule has 0 bridgehead atoms. The molecule has 6 N–H and O–H groups in total. The van der Waals surface area contributed by atoms with Crippen LogP contribution >= 0.6 is 0 Å². The van der Waals surface area contributed by atoms with Crippen molar-refractivity contribution < 1.29 is 30.0 Å². The van der Waals surface area contributed by atoms with Crippen LogP contribution in [0, 0.1) is 0 Å². The number of hydrazone groups is 1. The maximum Gasteiger partial charge on any atom is 0.276 e. The van der Waals surface area contributed by atoms with Crippen LogP contribution < -0.4 is 15.5 Å². The van der Waals surface area contributed by atoms with Gasteiger partial charge >= 0.3 is 0 Å². The molecule has 1 amide bonds. The summed E-state index contributed by atoms with van der Waals surface area (Å²) in [7, 11) is 1.56. The quantitative estimate of drug-likeness (QED) is 0.189. The third-order valence-electron chi connectivity index (χ3n) is 3.44. The summed E-state index contributed by atoms with van der Waals surface area (Å²) in [4.78, 5) is 15.9. The largest absolute Gasteiger partial charge is 0.497 e. The van der Waals surface area contributed by atoms with Crippen molar-refractivity contribution in [1.82, 2.24) is 10.7 Å². The Kier molecular flexibility index (Phi) is 6.81. The summed E-state index contributed by atoms with van der Waals surface area (Å²) in [5.74, 6) is 0.292. The minimum atomic E-state index is -1.60. The summed E-state index contributed by atoms with van der Waals surface area (Å²) in [5, 5.41) is 43.0. The van der Waals surface area contributed by atoms with Crippen molar-refractivity contribution in [2.24, 2.45) is 10.1 Å². The molecule has 140 valence electrons. The number of guanidine groups is 1. The van der Waals surface area contributed by atoms with E-state index in [-0.39, 0.29) is 11.7 Å². The molecular formula is C16H20N4O6. The number of carbonyl (C=O) groups excluding carboxylic acids is 1. The van der Waals surface area contributed by atoms with E-state index in [0.717, 1.165) is 11.8 Å². The number of methoxy groups -OCH3 is 1. The first kappa shape index (κ1) is 19.5. The van der Waals surface area contributed by atoms with Crippen LogP contribution in [0.4, 0.5) is 0 Å². The van der Waals surface area contributed by atoms with Crippen LogP contribution in [0.15, 0.2) is 40.1 Å². The number of aliphatic hydroxyl groups is 4. The Labute approximate surface area is 149 Å². The van der Waals surface area contributed by atoms with Crippen LogP contribution in [-0.2, 0) is 4.79 Å². The van der Waals surface area contributed by atoms with Gasteiger partial charge in [0.1, 0.15) is 29.8 Å². The molecule has 1 aromatic rings. The first-order valence-electron chi connectivity index (χ1n) is 7.64. The first-order valence-corrected chi connectivity index (χ1v) is 7.64. The molecule has 1 aromatic carbocycles. The summed E-state index contributed by atoms with van der Waals surface area (Å²) in [5.41, 5.74) is 3.31. The normalized spacial score (nSPS) is 19.2. The number of nitrogens with one attached hydrogen (secondary N) is 2. The molecule has 10 nitrogen and oxygen atoms in total. The third kappa shape index (κ3) is 5.10. The van der Waals surface area contributed by atoms with Crippen molar-refractivity contribution in [2.45, 2.75) is 18.3 Å². The Morgan fingerprint density at radius 2 is 2.00 bits per heavy atom. The number of benzene rings is 1. The zero-order valence-electron chi connectivity index (χ0n) is 13.9. The van der Waals surface area contributed by atoms with Crippen molar-refractivity contribution >= 4 is 24.2 Å². The lowest BCUT2D eigenvalue weighted by Crippen LogP contribution is -2.41. The molecule has 1 heterocycles. The van der Waals surface area contributed by atoms with Crippen molar-refractivity contribution in [3.63, 3.8) is 0 Å². The molecule has 2 rings (SSSR count). The summed E-state index contributed by atoms with van der Waals surface area (Å²) >= 11 is 0.